The number of rotatable bonds is 4. The lowest BCUT2D eigenvalue weighted by Crippen LogP contribution is -2.52. The molecule has 0 bridgehead atoms. The van der Waals surface area contributed by atoms with E-state index in [4.69, 9.17) is 0 Å². The predicted octanol–water partition coefficient (Wildman–Crippen LogP) is -0.156. The largest absolute Gasteiger partial charge is 0.339 e. The van der Waals surface area contributed by atoms with Gasteiger partial charge in [-0.3, -0.25) is 29.4 Å². The molecule has 4 heterocycles. The van der Waals surface area contributed by atoms with Crippen molar-refractivity contribution < 1.29 is 19.2 Å². The number of benzene rings is 1. The minimum Gasteiger partial charge on any atom is -0.339 e. The van der Waals surface area contributed by atoms with Crippen molar-refractivity contribution in [2.24, 2.45) is 0 Å². The van der Waals surface area contributed by atoms with Gasteiger partial charge in [-0.25, -0.2) is 0 Å². The van der Waals surface area contributed by atoms with Crippen LogP contribution in [0, 0.1) is 0 Å². The molecular weight excluding hydrogens is 410 g/mol. The van der Waals surface area contributed by atoms with Gasteiger partial charge in [-0.2, -0.15) is 0 Å². The lowest BCUT2D eigenvalue weighted by Gasteiger charge is -2.33. The van der Waals surface area contributed by atoms with Gasteiger partial charge < -0.3 is 15.1 Å². The average molecular weight is 440 g/mol. The van der Waals surface area contributed by atoms with Crippen molar-refractivity contribution >= 4 is 23.6 Å². The SMILES string of the molecule is O=C1CCC(N2Cc3c(CN4CCCC4C(=O)N4CCNCC4)cccc3C2=O)C(=O)N1. The lowest BCUT2D eigenvalue weighted by molar-refractivity contribution is -0.138. The van der Waals surface area contributed by atoms with E-state index in [2.05, 4.69) is 15.5 Å². The number of carbonyl (C=O) groups excluding carboxylic acids is 4. The van der Waals surface area contributed by atoms with Crippen molar-refractivity contribution in [3.63, 3.8) is 0 Å². The summed E-state index contributed by atoms with van der Waals surface area (Å²) in [5.41, 5.74) is 2.59. The molecule has 9 heteroatoms. The zero-order chi connectivity index (χ0) is 22.2. The first kappa shape index (κ1) is 21.1. The second-order valence-corrected chi connectivity index (χ2v) is 9.05. The van der Waals surface area contributed by atoms with Crippen LogP contribution in [0.4, 0.5) is 0 Å². The molecule has 4 aliphatic rings. The Bertz CT molecular complexity index is 958. The van der Waals surface area contributed by atoms with Gasteiger partial charge in [-0.15, -0.1) is 0 Å². The van der Waals surface area contributed by atoms with E-state index in [9.17, 15) is 19.2 Å². The molecule has 0 spiro atoms. The molecule has 3 saturated heterocycles. The standard InChI is InChI=1S/C23H29N5O4/c29-20-7-6-18(21(30)25-20)28-14-17-15(3-1-4-16(17)22(28)31)13-27-10-2-5-19(27)23(32)26-11-8-24-9-12-26/h1,3-4,18-19,24H,2,5-14H2,(H,25,29,30). The van der Waals surface area contributed by atoms with Gasteiger partial charge in [0.05, 0.1) is 6.04 Å². The predicted molar refractivity (Wildman–Crippen MR) is 115 cm³/mol. The van der Waals surface area contributed by atoms with Gasteiger partial charge in [0, 0.05) is 51.3 Å². The Morgan fingerprint density at radius 1 is 1.06 bits per heavy atom. The Kier molecular flexibility index (Phi) is 5.69. The molecule has 3 fully saturated rings. The maximum absolute atomic E-state index is 13.1. The first-order valence-corrected chi connectivity index (χ1v) is 11.5. The molecular formula is C23H29N5O4. The van der Waals surface area contributed by atoms with Crippen molar-refractivity contribution in [3.05, 3.63) is 34.9 Å². The van der Waals surface area contributed by atoms with Crippen LogP contribution in [-0.2, 0) is 27.5 Å². The Morgan fingerprint density at radius 3 is 2.66 bits per heavy atom. The molecule has 0 aliphatic carbocycles. The Balaban J connectivity index is 1.33. The smallest absolute Gasteiger partial charge is 0.255 e. The topological polar surface area (TPSA) is 102 Å². The average Bonchev–Trinajstić information content (AvgIpc) is 3.39. The summed E-state index contributed by atoms with van der Waals surface area (Å²) in [7, 11) is 0. The fourth-order valence-electron chi connectivity index (χ4n) is 5.41. The van der Waals surface area contributed by atoms with Crippen LogP contribution in [0.15, 0.2) is 18.2 Å². The summed E-state index contributed by atoms with van der Waals surface area (Å²) in [4.78, 5) is 55.8. The molecule has 2 N–H and O–H groups in total. The maximum Gasteiger partial charge on any atom is 0.255 e. The molecule has 0 saturated carbocycles. The summed E-state index contributed by atoms with van der Waals surface area (Å²) in [5, 5.41) is 5.64. The Hall–Kier alpha value is -2.78. The molecule has 1 aromatic carbocycles. The number of imide groups is 1. The van der Waals surface area contributed by atoms with E-state index < -0.39 is 11.9 Å². The zero-order valence-corrected chi connectivity index (χ0v) is 18.1. The summed E-state index contributed by atoms with van der Waals surface area (Å²) >= 11 is 0. The van der Waals surface area contributed by atoms with Crippen LogP contribution in [0.3, 0.4) is 0 Å². The zero-order valence-electron chi connectivity index (χ0n) is 18.1. The molecule has 4 amide bonds. The monoisotopic (exact) mass is 439 g/mol. The molecule has 0 radical (unpaired) electrons. The van der Waals surface area contributed by atoms with Crippen LogP contribution in [0.25, 0.3) is 0 Å². The number of likely N-dealkylation sites (tertiary alicyclic amines) is 1. The number of nitrogens with one attached hydrogen (secondary N) is 2. The molecule has 2 atom stereocenters. The number of hydrogen-bond acceptors (Lipinski definition) is 6. The number of amides is 4. The third-order valence-electron chi connectivity index (χ3n) is 7.13. The van der Waals surface area contributed by atoms with Crippen molar-refractivity contribution in [2.75, 3.05) is 32.7 Å². The fourth-order valence-corrected chi connectivity index (χ4v) is 5.41. The van der Waals surface area contributed by atoms with Crippen molar-refractivity contribution in [1.29, 1.82) is 0 Å². The summed E-state index contributed by atoms with van der Waals surface area (Å²) in [6.07, 6.45) is 2.44. The van der Waals surface area contributed by atoms with Gasteiger partial charge in [0.2, 0.25) is 17.7 Å². The second kappa shape index (κ2) is 8.63. The molecule has 0 aromatic heterocycles. The van der Waals surface area contributed by atoms with Crippen LogP contribution in [-0.4, -0.2) is 83.1 Å². The van der Waals surface area contributed by atoms with Crippen molar-refractivity contribution in [3.8, 4) is 0 Å². The normalized spacial score (nSPS) is 26.4. The number of piperidine rings is 1. The van der Waals surface area contributed by atoms with E-state index in [1.54, 1.807) is 11.0 Å². The highest BCUT2D eigenvalue weighted by Crippen LogP contribution is 2.32. The summed E-state index contributed by atoms with van der Waals surface area (Å²) in [6, 6.07) is 4.97. The van der Waals surface area contributed by atoms with Crippen LogP contribution in [0.2, 0.25) is 0 Å². The van der Waals surface area contributed by atoms with E-state index >= 15 is 0 Å². The van der Waals surface area contributed by atoms with Gasteiger partial charge in [-0.1, -0.05) is 12.1 Å². The van der Waals surface area contributed by atoms with Crippen LogP contribution >= 0.6 is 0 Å². The minimum atomic E-state index is -0.616. The molecule has 5 rings (SSSR count). The van der Waals surface area contributed by atoms with E-state index in [-0.39, 0.29) is 30.2 Å². The number of nitrogens with zero attached hydrogens (tertiary/aromatic N) is 3. The number of fused-ring (bicyclic) bond motifs is 1. The van der Waals surface area contributed by atoms with Crippen molar-refractivity contribution in [1.82, 2.24) is 25.3 Å². The first-order chi connectivity index (χ1) is 15.5. The van der Waals surface area contributed by atoms with Gasteiger partial charge >= 0.3 is 0 Å². The molecule has 4 aliphatic heterocycles. The summed E-state index contributed by atoms with van der Waals surface area (Å²) in [6.45, 7) is 5.00. The number of piperazine rings is 1. The third kappa shape index (κ3) is 3.80. The highest BCUT2D eigenvalue weighted by Gasteiger charge is 2.40. The molecule has 32 heavy (non-hydrogen) atoms. The maximum atomic E-state index is 13.1. The Morgan fingerprint density at radius 2 is 1.88 bits per heavy atom. The molecule has 2 unspecified atom stereocenters. The fraction of sp³-hybridized carbons (Fsp3) is 0.565. The molecule has 170 valence electrons. The summed E-state index contributed by atoms with van der Waals surface area (Å²) in [5.74, 6) is -0.639. The van der Waals surface area contributed by atoms with Crippen molar-refractivity contribution in [2.45, 2.75) is 50.9 Å². The quantitative estimate of drug-likeness (QED) is 0.633. The van der Waals surface area contributed by atoms with Crippen LogP contribution in [0.5, 0.6) is 0 Å². The molecule has 1 aromatic rings. The van der Waals surface area contributed by atoms with Gasteiger partial charge in [0.1, 0.15) is 6.04 Å². The number of hydrogen-bond donors (Lipinski definition) is 2. The highest BCUT2D eigenvalue weighted by molar-refractivity contribution is 6.05. The second-order valence-electron chi connectivity index (χ2n) is 9.05. The van der Waals surface area contributed by atoms with Crippen LogP contribution < -0.4 is 10.6 Å². The molecule has 9 nitrogen and oxygen atoms in total. The van der Waals surface area contributed by atoms with E-state index in [1.807, 2.05) is 17.0 Å². The van der Waals surface area contributed by atoms with Gasteiger partial charge in [-0.05, 0) is 43.0 Å². The van der Waals surface area contributed by atoms with Gasteiger partial charge in [0.25, 0.3) is 5.91 Å². The van der Waals surface area contributed by atoms with E-state index in [1.165, 1.54) is 0 Å². The van der Waals surface area contributed by atoms with Gasteiger partial charge in [0.15, 0.2) is 0 Å². The first-order valence-electron chi connectivity index (χ1n) is 11.5. The third-order valence-corrected chi connectivity index (χ3v) is 7.13. The van der Waals surface area contributed by atoms with E-state index in [0.717, 1.165) is 56.7 Å². The number of carbonyl (C=O) groups is 4. The summed E-state index contributed by atoms with van der Waals surface area (Å²) < 4.78 is 0. The van der Waals surface area contributed by atoms with E-state index in [0.29, 0.717) is 25.1 Å². The van der Waals surface area contributed by atoms with Crippen LogP contribution in [0.1, 0.15) is 47.2 Å². The lowest BCUT2D eigenvalue weighted by atomic mass is 10.0. The highest BCUT2D eigenvalue weighted by atomic mass is 16.2. The Labute approximate surface area is 187 Å². The minimum absolute atomic E-state index is 0.118.